The molecule has 0 spiro atoms. The van der Waals surface area contributed by atoms with Gasteiger partial charge in [-0.15, -0.1) is 58.0 Å². The van der Waals surface area contributed by atoms with E-state index in [1.807, 2.05) is 6.08 Å². The van der Waals surface area contributed by atoms with Crippen molar-refractivity contribution in [1.29, 1.82) is 0 Å². The minimum Gasteiger partial charge on any atom is -0.126 e. The van der Waals surface area contributed by atoms with Crippen molar-refractivity contribution in [2.45, 2.75) is 10.8 Å². The second kappa shape index (κ2) is 4.54. The van der Waals surface area contributed by atoms with Crippen LogP contribution in [0.25, 0.3) is 0 Å². The molecular weight excluding hydrogens is 333 g/mol. The fraction of sp³-hybridized carbons (Fsp3) is 0.800. The first-order chi connectivity index (χ1) is 7.51. The van der Waals surface area contributed by atoms with Crippen molar-refractivity contribution in [3.8, 4) is 0 Å². The van der Waals surface area contributed by atoms with Gasteiger partial charge in [0.2, 0.25) is 0 Å². The molecule has 0 radical (unpaired) electrons. The molecule has 0 saturated heterocycles. The van der Waals surface area contributed by atoms with Crippen LogP contribution in [0.4, 0.5) is 0 Å². The third-order valence-electron chi connectivity index (χ3n) is 4.06. The van der Waals surface area contributed by atoms with Gasteiger partial charge in [0.15, 0.2) is 0 Å². The summed E-state index contributed by atoms with van der Waals surface area (Å²) in [6.45, 7) is 0. The Morgan fingerprint density at radius 1 is 1.06 bits per heavy atom. The number of fused-ring (bicyclic) bond motifs is 2. The first-order valence-electron chi connectivity index (χ1n) is 4.85. The average molecular weight is 343 g/mol. The fourth-order valence-corrected chi connectivity index (χ4v) is 6.49. The van der Waals surface area contributed by atoms with Crippen LogP contribution in [0.15, 0.2) is 11.1 Å². The molecule has 0 aromatic heterocycles. The van der Waals surface area contributed by atoms with Crippen molar-refractivity contribution in [1.82, 2.24) is 0 Å². The van der Waals surface area contributed by atoms with Gasteiger partial charge < -0.3 is 0 Å². The molecule has 2 aliphatic rings. The van der Waals surface area contributed by atoms with E-state index in [-0.39, 0.29) is 22.6 Å². The molecule has 1 fully saturated rings. The van der Waals surface area contributed by atoms with Crippen molar-refractivity contribution in [3.63, 3.8) is 0 Å². The maximum Gasteiger partial charge on any atom is 0.0628 e. The Morgan fingerprint density at radius 3 is 2.00 bits per heavy atom. The Bertz CT molecular complexity index is 323. The summed E-state index contributed by atoms with van der Waals surface area (Å²) >= 11 is 37.3. The number of rotatable bonds is 3. The van der Waals surface area contributed by atoms with E-state index in [0.29, 0.717) is 16.8 Å². The van der Waals surface area contributed by atoms with E-state index >= 15 is 0 Å². The summed E-state index contributed by atoms with van der Waals surface area (Å²) in [7, 11) is 0. The highest BCUT2D eigenvalue weighted by Gasteiger charge is 2.71. The molecule has 1 saturated carbocycles. The van der Waals surface area contributed by atoms with Gasteiger partial charge in [-0.05, 0) is 0 Å². The number of hydrogen-bond acceptors (Lipinski definition) is 0. The minimum absolute atomic E-state index is 0.00193. The van der Waals surface area contributed by atoms with Gasteiger partial charge in [0.25, 0.3) is 0 Å². The van der Waals surface area contributed by atoms with Gasteiger partial charge >= 0.3 is 0 Å². The highest BCUT2D eigenvalue weighted by atomic mass is 35.5. The van der Waals surface area contributed by atoms with Crippen LogP contribution in [0.1, 0.15) is 0 Å². The van der Waals surface area contributed by atoms with Crippen LogP contribution in [0.5, 0.6) is 0 Å². The summed E-state index contributed by atoms with van der Waals surface area (Å²) in [6, 6.07) is 0. The van der Waals surface area contributed by atoms with E-state index < -0.39 is 10.8 Å². The third-order valence-corrected chi connectivity index (χ3v) is 7.19. The molecule has 4 unspecified atom stereocenters. The van der Waals surface area contributed by atoms with Crippen LogP contribution in [-0.2, 0) is 0 Å². The van der Waals surface area contributed by atoms with Crippen molar-refractivity contribution in [2.24, 2.45) is 16.7 Å². The molecule has 2 aliphatic carbocycles. The third kappa shape index (κ3) is 1.33. The molecule has 0 heterocycles. The van der Waals surface area contributed by atoms with Gasteiger partial charge in [0, 0.05) is 39.4 Å². The lowest BCUT2D eigenvalue weighted by Crippen LogP contribution is -2.46. The average Bonchev–Trinajstić information content (AvgIpc) is 2.65. The van der Waals surface area contributed by atoms with Crippen molar-refractivity contribution >= 4 is 69.6 Å². The molecule has 92 valence electrons. The first kappa shape index (κ1) is 13.9. The van der Waals surface area contributed by atoms with Gasteiger partial charge in [-0.25, -0.2) is 0 Å². The highest BCUT2D eigenvalue weighted by molar-refractivity contribution is 6.38. The molecule has 16 heavy (non-hydrogen) atoms. The Labute approximate surface area is 125 Å². The largest absolute Gasteiger partial charge is 0.126 e. The molecule has 4 atom stereocenters. The monoisotopic (exact) mass is 340 g/mol. The quantitative estimate of drug-likeness (QED) is 0.654. The zero-order chi connectivity index (χ0) is 12.1. The van der Waals surface area contributed by atoms with E-state index in [9.17, 15) is 0 Å². The topological polar surface area (TPSA) is 0 Å². The summed E-state index contributed by atoms with van der Waals surface area (Å²) < 4.78 is 0. The zero-order valence-corrected chi connectivity index (χ0v) is 12.7. The zero-order valence-electron chi connectivity index (χ0n) is 8.20. The Kier molecular flexibility index (Phi) is 3.95. The van der Waals surface area contributed by atoms with Crippen molar-refractivity contribution < 1.29 is 0 Å². The van der Waals surface area contributed by atoms with Crippen LogP contribution in [0.2, 0.25) is 0 Å². The van der Waals surface area contributed by atoms with E-state index in [1.54, 1.807) is 0 Å². The SMILES string of the molecule is ClCC1(CCl)C2C=C(Cl)C1(CCl)C(Cl)C2Cl. The van der Waals surface area contributed by atoms with Crippen molar-refractivity contribution in [3.05, 3.63) is 11.1 Å². The summed E-state index contributed by atoms with van der Waals surface area (Å²) in [5.74, 6) is 0.994. The minimum atomic E-state index is -0.585. The van der Waals surface area contributed by atoms with E-state index in [1.165, 1.54) is 0 Å². The molecule has 0 aromatic carbocycles. The normalized spacial score (nSPS) is 44.9. The van der Waals surface area contributed by atoms with E-state index in [0.717, 1.165) is 0 Å². The number of allylic oxidation sites excluding steroid dienone is 2. The van der Waals surface area contributed by atoms with Crippen LogP contribution in [-0.4, -0.2) is 28.4 Å². The molecular formula is C10H10Cl6. The number of halogens is 6. The van der Waals surface area contributed by atoms with Crippen LogP contribution >= 0.6 is 69.6 Å². The van der Waals surface area contributed by atoms with Gasteiger partial charge in [-0.1, -0.05) is 17.7 Å². The highest BCUT2D eigenvalue weighted by Crippen LogP contribution is 2.70. The molecule has 0 amide bonds. The molecule has 0 N–H and O–H groups in total. The molecule has 6 heteroatoms. The fourth-order valence-electron chi connectivity index (χ4n) is 2.98. The summed E-state index contributed by atoms with van der Waals surface area (Å²) in [4.78, 5) is 0. The lowest BCUT2D eigenvalue weighted by molar-refractivity contribution is 0.194. The second-order valence-electron chi connectivity index (χ2n) is 4.41. The lowest BCUT2D eigenvalue weighted by atomic mass is 9.69. The van der Waals surface area contributed by atoms with Gasteiger partial charge in [0.05, 0.1) is 10.8 Å². The number of hydrogen-bond donors (Lipinski definition) is 0. The number of alkyl halides is 5. The first-order valence-corrected chi connectivity index (χ1v) is 7.71. The van der Waals surface area contributed by atoms with Crippen LogP contribution in [0.3, 0.4) is 0 Å². The summed E-state index contributed by atoms with van der Waals surface area (Å²) in [6.07, 6.45) is 1.92. The molecule has 0 aromatic rings. The van der Waals surface area contributed by atoms with Crippen LogP contribution in [0, 0.1) is 16.7 Å². The maximum absolute atomic E-state index is 6.39. The Hall–Kier alpha value is 1.48. The molecule has 0 aliphatic heterocycles. The summed E-state index contributed by atoms with van der Waals surface area (Å²) in [5.41, 5.74) is -1.01. The Morgan fingerprint density at radius 2 is 1.62 bits per heavy atom. The van der Waals surface area contributed by atoms with Gasteiger partial charge in [-0.2, -0.15) is 0 Å². The van der Waals surface area contributed by atoms with E-state index in [4.69, 9.17) is 69.6 Å². The molecule has 0 nitrogen and oxygen atoms in total. The molecule has 2 bridgehead atoms. The standard InChI is InChI=1S/C10H10Cl6/c11-2-9(3-12)5-1-6(14)10(9,4-13)8(16)7(5)15/h1,5,7-8H,2-4H2. The van der Waals surface area contributed by atoms with Gasteiger partial charge in [0.1, 0.15) is 0 Å². The second-order valence-corrected chi connectivity index (χ2v) is 6.60. The van der Waals surface area contributed by atoms with Gasteiger partial charge in [-0.3, -0.25) is 0 Å². The maximum atomic E-state index is 6.39. The predicted molar refractivity (Wildman–Crippen MR) is 73.7 cm³/mol. The smallest absolute Gasteiger partial charge is 0.0628 e. The van der Waals surface area contributed by atoms with Crippen LogP contribution < -0.4 is 0 Å². The Balaban J connectivity index is 2.60. The summed E-state index contributed by atoms with van der Waals surface area (Å²) in [5, 5.41) is 0.109. The predicted octanol–water partition coefficient (Wildman–Crippen LogP) is 4.66. The van der Waals surface area contributed by atoms with Crippen molar-refractivity contribution in [2.75, 3.05) is 17.6 Å². The van der Waals surface area contributed by atoms with E-state index in [2.05, 4.69) is 0 Å². The molecule has 2 rings (SSSR count). The lowest BCUT2D eigenvalue weighted by Gasteiger charge is -2.42.